The number of nitrogens with one attached hydrogen (secondary N) is 1. The molecule has 1 saturated carbocycles. The summed E-state index contributed by atoms with van der Waals surface area (Å²) < 4.78 is 0. The van der Waals surface area contributed by atoms with Gasteiger partial charge in [0.2, 0.25) is 5.91 Å². The van der Waals surface area contributed by atoms with Crippen LogP contribution in [0.25, 0.3) is 0 Å². The topological polar surface area (TPSA) is 32.3 Å². The lowest BCUT2D eigenvalue weighted by atomic mass is 10.2. The molecular weight excluding hydrogens is 232 g/mol. The van der Waals surface area contributed by atoms with Gasteiger partial charge in [0.15, 0.2) is 0 Å². The molecule has 15 heavy (non-hydrogen) atoms. The summed E-state index contributed by atoms with van der Waals surface area (Å²) in [6.45, 7) is 4.10. The number of fused-ring (bicyclic) bond motifs is 1. The molecule has 0 bridgehead atoms. The summed E-state index contributed by atoms with van der Waals surface area (Å²) in [6, 6.07) is 0. The number of halogens is 1. The predicted molar refractivity (Wildman–Crippen MR) is 64.5 cm³/mol. The summed E-state index contributed by atoms with van der Waals surface area (Å²) in [4.78, 5) is 14.1. The fraction of sp³-hybridized carbons (Fsp3) is 0.900. The Hall–Kier alpha value is 0.0700. The fourth-order valence-corrected chi connectivity index (χ4v) is 3.68. The van der Waals surface area contributed by atoms with Crippen LogP contribution in [0.4, 0.5) is 0 Å². The predicted octanol–water partition coefficient (Wildman–Crippen LogP) is 0.449. The highest BCUT2D eigenvalue weighted by Crippen LogP contribution is 2.49. The lowest BCUT2D eigenvalue weighted by molar-refractivity contribution is -0.132. The van der Waals surface area contributed by atoms with Gasteiger partial charge in [-0.15, -0.1) is 12.4 Å². The Morgan fingerprint density at radius 1 is 1.20 bits per heavy atom. The summed E-state index contributed by atoms with van der Waals surface area (Å²) in [6.07, 6.45) is 0. The summed E-state index contributed by atoms with van der Waals surface area (Å²) in [5, 5.41) is 3.33. The molecule has 0 radical (unpaired) electrons. The van der Waals surface area contributed by atoms with Gasteiger partial charge in [0.1, 0.15) is 0 Å². The minimum Gasteiger partial charge on any atom is -0.341 e. The molecule has 1 unspecified atom stereocenters. The van der Waals surface area contributed by atoms with Gasteiger partial charge in [-0.05, 0) is 24.9 Å². The van der Waals surface area contributed by atoms with Gasteiger partial charge in [-0.25, -0.2) is 0 Å². The highest BCUT2D eigenvalue weighted by Gasteiger charge is 2.57. The van der Waals surface area contributed by atoms with Crippen molar-refractivity contribution in [2.75, 3.05) is 37.7 Å². The molecule has 5 heteroatoms. The van der Waals surface area contributed by atoms with Gasteiger partial charge < -0.3 is 10.2 Å². The Morgan fingerprint density at radius 2 is 1.80 bits per heavy atom. The number of piperidine rings is 1. The smallest absolute Gasteiger partial charge is 0.226 e. The number of thioether (sulfide) groups is 1. The molecule has 2 heterocycles. The van der Waals surface area contributed by atoms with E-state index in [4.69, 9.17) is 0 Å². The number of nitrogens with zero attached hydrogens (tertiary/aromatic N) is 1. The minimum absolute atomic E-state index is 0. The average molecular weight is 249 g/mol. The second-order valence-corrected chi connectivity index (χ2v) is 5.67. The van der Waals surface area contributed by atoms with Crippen molar-refractivity contribution >= 4 is 30.1 Å². The maximum Gasteiger partial charge on any atom is 0.226 e. The number of carbonyl (C=O) groups is 1. The van der Waals surface area contributed by atoms with E-state index in [9.17, 15) is 4.79 Å². The zero-order chi connectivity index (χ0) is 9.54. The highest BCUT2D eigenvalue weighted by molar-refractivity contribution is 7.99. The number of hydrogen-bond acceptors (Lipinski definition) is 3. The Balaban J connectivity index is 0.000000853. The molecular formula is C10H17ClN2OS. The molecule has 3 aliphatic rings. The Labute approximate surface area is 101 Å². The molecule has 0 aromatic carbocycles. The van der Waals surface area contributed by atoms with Gasteiger partial charge in [-0.2, -0.15) is 11.8 Å². The molecule has 0 spiro atoms. The third-order valence-electron chi connectivity index (χ3n) is 3.70. The summed E-state index contributed by atoms with van der Waals surface area (Å²) in [5.74, 6) is 4.45. The van der Waals surface area contributed by atoms with Gasteiger partial charge in [-0.1, -0.05) is 0 Å². The molecule has 3 nitrogen and oxygen atoms in total. The number of carbonyl (C=O) groups excluding carboxylic acids is 1. The van der Waals surface area contributed by atoms with Gasteiger partial charge in [-0.3, -0.25) is 4.79 Å². The third-order valence-corrected chi connectivity index (χ3v) is 4.64. The van der Waals surface area contributed by atoms with Crippen LogP contribution in [0.15, 0.2) is 0 Å². The van der Waals surface area contributed by atoms with Crippen LogP contribution in [0.5, 0.6) is 0 Å². The van der Waals surface area contributed by atoms with Crippen LogP contribution in [-0.4, -0.2) is 48.5 Å². The van der Waals surface area contributed by atoms with Crippen LogP contribution < -0.4 is 5.32 Å². The van der Waals surface area contributed by atoms with Crippen molar-refractivity contribution in [3.05, 3.63) is 0 Å². The first-order valence-corrected chi connectivity index (χ1v) is 6.60. The second-order valence-electron chi connectivity index (χ2n) is 4.45. The minimum atomic E-state index is 0. The Kier molecular flexibility index (Phi) is 3.48. The fourth-order valence-electron chi connectivity index (χ4n) is 2.78. The maximum atomic E-state index is 12.1. The van der Waals surface area contributed by atoms with Crippen LogP contribution in [0.3, 0.4) is 0 Å². The van der Waals surface area contributed by atoms with E-state index in [0.29, 0.717) is 23.7 Å². The van der Waals surface area contributed by atoms with E-state index >= 15 is 0 Å². The van der Waals surface area contributed by atoms with E-state index in [1.54, 1.807) is 0 Å². The van der Waals surface area contributed by atoms with E-state index < -0.39 is 0 Å². The van der Waals surface area contributed by atoms with Crippen LogP contribution in [-0.2, 0) is 4.79 Å². The van der Waals surface area contributed by atoms with E-state index in [1.165, 1.54) is 0 Å². The lowest BCUT2D eigenvalue weighted by Crippen LogP contribution is -2.40. The van der Waals surface area contributed by atoms with Crippen LogP contribution >= 0.6 is 24.2 Å². The number of rotatable bonds is 1. The lowest BCUT2D eigenvalue weighted by Gasteiger charge is -2.27. The molecule has 3 fully saturated rings. The van der Waals surface area contributed by atoms with Gasteiger partial charge in [0.05, 0.1) is 0 Å². The van der Waals surface area contributed by atoms with Crippen molar-refractivity contribution in [1.29, 1.82) is 0 Å². The van der Waals surface area contributed by atoms with Crippen LogP contribution in [0.1, 0.15) is 0 Å². The Bertz CT molecular complexity index is 244. The molecule has 3 rings (SSSR count). The summed E-state index contributed by atoms with van der Waals surface area (Å²) in [7, 11) is 0. The third kappa shape index (κ3) is 1.99. The van der Waals surface area contributed by atoms with Crippen molar-refractivity contribution in [2.45, 2.75) is 0 Å². The van der Waals surface area contributed by atoms with Gasteiger partial charge >= 0.3 is 0 Å². The first kappa shape index (κ1) is 11.6. The molecule has 2 aliphatic heterocycles. The quantitative estimate of drug-likeness (QED) is 0.732. The highest BCUT2D eigenvalue weighted by atomic mass is 35.5. The number of hydrogen-bond donors (Lipinski definition) is 1. The first-order valence-electron chi connectivity index (χ1n) is 5.45. The zero-order valence-electron chi connectivity index (χ0n) is 8.65. The molecule has 1 N–H and O–H groups in total. The van der Waals surface area contributed by atoms with Crippen LogP contribution in [0, 0.1) is 17.8 Å². The average Bonchev–Trinajstić information content (AvgIpc) is 2.72. The van der Waals surface area contributed by atoms with Gasteiger partial charge in [0, 0.05) is 30.5 Å². The largest absolute Gasteiger partial charge is 0.341 e. The summed E-state index contributed by atoms with van der Waals surface area (Å²) in [5.41, 5.74) is 0. The van der Waals surface area contributed by atoms with Crippen molar-refractivity contribution in [3.63, 3.8) is 0 Å². The molecule has 1 aliphatic carbocycles. The molecule has 3 atom stereocenters. The SMILES string of the molecule is Cl.O=C(C1[C@H]2CNC[C@@H]12)N1CCSCC1. The molecule has 86 valence electrons. The second kappa shape index (κ2) is 4.52. The monoisotopic (exact) mass is 248 g/mol. The zero-order valence-corrected chi connectivity index (χ0v) is 10.3. The molecule has 1 amide bonds. The normalized spacial score (nSPS) is 38.1. The molecule has 0 aromatic rings. The van der Waals surface area contributed by atoms with E-state index in [2.05, 4.69) is 10.2 Å². The van der Waals surface area contributed by atoms with Crippen molar-refractivity contribution < 1.29 is 4.79 Å². The van der Waals surface area contributed by atoms with E-state index in [0.717, 1.165) is 37.7 Å². The molecule has 0 aromatic heterocycles. The Morgan fingerprint density at radius 3 is 2.40 bits per heavy atom. The van der Waals surface area contributed by atoms with E-state index in [1.807, 2.05) is 11.8 Å². The molecule has 2 saturated heterocycles. The van der Waals surface area contributed by atoms with Crippen molar-refractivity contribution in [3.8, 4) is 0 Å². The summed E-state index contributed by atoms with van der Waals surface area (Å²) >= 11 is 1.96. The first-order chi connectivity index (χ1) is 6.88. The van der Waals surface area contributed by atoms with Crippen molar-refractivity contribution in [1.82, 2.24) is 10.2 Å². The standard InChI is InChI=1S/C10H16N2OS.ClH/c13-10(12-1-3-14-4-2-12)9-7-5-11-6-8(7)9;/h7-9,11H,1-6H2;1H/t7-,8+,9?;. The van der Waals surface area contributed by atoms with Crippen molar-refractivity contribution in [2.24, 2.45) is 17.8 Å². The maximum absolute atomic E-state index is 12.1. The van der Waals surface area contributed by atoms with E-state index in [-0.39, 0.29) is 12.4 Å². The number of amides is 1. The van der Waals surface area contributed by atoms with Crippen LogP contribution in [0.2, 0.25) is 0 Å². The van der Waals surface area contributed by atoms with Gasteiger partial charge in [0.25, 0.3) is 0 Å².